The first-order chi connectivity index (χ1) is 7.77. The molecule has 2 rings (SSSR count). The van der Waals surface area contributed by atoms with Gasteiger partial charge in [-0.15, -0.1) is 0 Å². The van der Waals surface area contributed by atoms with Crippen molar-refractivity contribution in [2.75, 3.05) is 18.1 Å². The maximum Gasteiger partial charge on any atom is 0.0666 e. The molecule has 16 heavy (non-hydrogen) atoms. The molecule has 0 saturated carbocycles. The van der Waals surface area contributed by atoms with Crippen LogP contribution in [0.25, 0.3) is 0 Å². The minimum atomic E-state index is 0.453. The van der Waals surface area contributed by atoms with Gasteiger partial charge in [-0.25, -0.2) is 0 Å². The van der Waals surface area contributed by atoms with Crippen LogP contribution in [0.2, 0.25) is 0 Å². The molecule has 4 heteroatoms. The van der Waals surface area contributed by atoms with E-state index in [0.717, 1.165) is 28.3 Å². The molecule has 1 heterocycles. The monoisotopic (exact) mass is 301 g/mol. The van der Waals surface area contributed by atoms with Gasteiger partial charge in [-0.2, -0.15) is 11.8 Å². The molecule has 0 spiro atoms. The van der Waals surface area contributed by atoms with Crippen molar-refractivity contribution in [3.05, 3.63) is 28.2 Å². The third-order valence-electron chi connectivity index (χ3n) is 2.73. The van der Waals surface area contributed by atoms with Crippen LogP contribution in [0.3, 0.4) is 0 Å². The number of rotatable bonds is 4. The molecule has 1 unspecified atom stereocenters. The van der Waals surface area contributed by atoms with Crippen molar-refractivity contribution in [2.24, 2.45) is 0 Å². The number of benzene rings is 1. The number of hydrogen-bond donors (Lipinski definition) is 1. The van der Waals surface area contributed by atoms with Crippen LogP contribution in [0.4, 0.5) is 5.69 Å². The summed E-state index contributed by atoms with van der Waals surface area (Å²) in [5.41, 5.74) is 8.01. The molecule has 1 aliphatic heterocycles. The Bertz CT molecular complexity index is 333. The minimum absolute atomic E-state index is 0.453. The Hall–Kier alpha value is -0.190. The van der Waals surface area contributed by atoms with E-state index in [1.807, 2.05) is 30.0 Å². The third-order valence-corrected chi connectivity index (χ3v) is 4.57. The van der Waals surface area contributed by atoms with E-state index >= 15 is 0 Å². The second-order valence-corrected chi connectivity index (χ2v) is 5.84. The standard InChI is InChI=1S/C12H16BrNOS/c13-11-4-1-5-12(14)10(11)8-16-7-9-3-2-6-15-9/h1,4-5,9H,2-3,6-8,14H2. The number of thioether (sulfide) groups is 1. The lowest BCUT2D eigenvalue weighted by Gasteiger charge is -2.11. The van der Waals surface area contributed by atoms with Gasteiger partial charge in [-0.05, 0) is 30.5 Å². The van der Waals surface area contributed by atoms with Crippen molar-refractivity contribution < 1.29 is 4.74 Å². The second kappa shape index (κ2) is 5.94. The lowest BCUT2D eigenvalue weighted by molar-refractivity contribution is 0.129. The van der Waals surface area contributed by atoms with Gasteiger partial charge < -0.3 is 10.5 Å². The van der Waals surface area contributed by atoms with Gasteiger partial charge in [0.1, 0.15) is 0 Å². The van der Waals surface area contributed by atoms with Gasteiger partial charge in [0.2, 0.25) is 0 Å². The van der Waals surface area contributed by atoms with Gasteiger partial charge >= 0.3 is 0 Å². The quantitative estimate of drug-likeness (QED) is 0.865. The summed E-state index contributed by atoms with van der Waals surface area (Å²) in [4.78, 5) is 0. The fourth-order valence-electron chi connectivity index (χ4n) is 1.80. The molecule has 1 aliphatic rings. The van der Waals surface area contributed by atoms with Crippen molar-refractivity contribution in [1.29, 1.82) is 0 Å². The molecule has 88 valence electrons. The number of halogens is 1. The lowest BCUT2D eigenvalue weighted by Crippen LogP contribution is -2.08. The maximum absolute atomic E-state index is 5.94. The lowest BCUT2D eigenvalue weighted by atomic mass is 10.2. The van der Waals surface area contributed by atoms with E-state index in [1.165, 1.54) is 18.4 Å². The Balaban J connectivity index is 1.84. The zero-order chi connectivity index (χ0) is 11.4. The van der Waals surface area contributed by atoms with Crippen LogP contribution >= 0.6 is 27.7 Å². The topological polar surface area (TPSA) is 35.2 Å². The number of nitrogen functional groups attached to an aromatic ring is 1. The number of nitrogens with two attached hydrogens (primary N) is 1. The molecule has 0 aliphatic carbocycles. The van der Waals surface area contributed by atoms with Crippen molar-refractivity contribution in [3.8, 4) is 0 Å². The van der Waals surface area contributed by atoms with Crippen LogP contribution in [0.15, 0.2) is 22.7 Å². The highest BCUT2D eigenvalue weighted by Gasteiger charge is 2.15. The highest BCUT2D eigenvalue weighted by molar-refractivity contribution is 9.10. The Morgan fingerprint density at radius 3 is 3.06 bits per heavy atom. The van der Waals surface area contributed by atoms with E-state index in [2.05, 4.69) is 15.9 Å². The maximum atomic E-state index is 5.94. The normalized spacial score (nSPS) is 20.2. The summed E-state index contributed by atoms with van der Waals surface area (Å²) in [6.45, 7) is 0.933. The molecular formula is C12H16BrNOS. The predicted molar refractivity (Wildman–Crippen MR) is 73.7 cm³/mol. The zero-order valence-electron chi connectivity index (χ0n) is 9.12. The summed E-state index contributed by atoms with van der Waals surface area (Å²) in [6.07, 6.45) is 2.87. The summed E-state index contributed by atoms with van der Waals surface area (Å²) in [7, 11) is 0. The summed E-state index contributed by atoms with van der Waals surface area (Å²) in [5, 5.41) is 0. The third kappa shape index (κ3) is 3.15. The summed E-state index contributed by atoms with van der Waals surface area (Å²) in [5.74, 6) is 2.02. The van der Waals surface area contributed by atoms with Gasteiger partial charge in [-0.1, -0.05) is 22.0 Å². The van der Waals surface area contributed by atoms with E-state index in [1.54, 1.807) is 0 Å². The summed E-state index contributed by atoms with van der Waals surface area (Å²) < 4.78 is 6.69. The first kappa shape index (κ1) is 12.3. The van der Waals surface area contributed by atoms with Gasteiger partial charge in [0, 0.05) is 28.3 Å². The Labute approximate surface area is 109 Å². The summed E-state index contributed by atoms with van der Waals surface area (Å²) >= 11 is 5.43. The van der Waals surface area contributed by atoms with Gasteiger partial charge in [0.25, 0.3) is 0 Å². The first-order valence-electron chi connectivity index (χ1n) is 5.49. The highest BCUT2D eigenvalue weighted by atomic mass is 79.9. The molecule has 1 fully saturated rings. The van der Waals surface area contributed by atoms with Crippen LogP contribution < -0.4 is 5.73 Å². The Kier molecular flexibility index (Phi) is 4.55. The van der Waals surface area contributed by atoms with Gasteiger partial charge in [0.05, 0.1) is 6.10 Å². The molecule has 1 aromatic rings. The van der Waals surface area contributed by atoms with Crippen molar-refractivity contribution in [3.63, 3.8) is 0 Å². The Morgan fingerprint density at radius 2 is 2.38 bits per heavy atom. The molecule has 0 aromatic heterocycles. The van der Waals surface area contributed by atoms with Gasteiger partial charge in [0.15, 0.2) is 0 Å². The Morgan fingerprint density at radius 1 is 1.50 bits per heavy atom. The minimum Gasteiger partial charge on any atom is -0.398 e. The van der Waals surface area contributed by atoms with E-state index in [0.29, 0.717) is 6.10 Å². The average molecular weight is 302 g/mol. The van der Waals surface area contributed by atoms with Crippen molar-refractivity contribution in [2.45, 2.75) is 24.7 Å². The summed E-state index contributed by atoms with van der Waals surface area (Å²) in [6, 6.07) is 5.96. The fourth-order valence-corrected chi connectivity index (χ4v) is 3.67. The van der Waals surface area contributed by atoms with E-state index < -0.39 is 0 Å². The highest BCUT2D eigenvalue weighted by Crippen LogP contribution is 2.28. The number of ether oxygens (including phenoxy) is 1. The smallest absolute Gasteiger partial charge is 0.0666 e. The first-order valence-corrected chi connectivity index (χ1v) is 7.44. The SMILES string of the molecule is Nc1cccc(Br)c1CSCC1CCCO1. The van der Waals surface area contributed by atoms with E-state index in [-0.39, 0.29) is 0 Å². The number of hydrogen-bond acceptors (Lipinski definition) is 3. The zero-order valence-corrected chi connectivity index (χ0v) is 11.5. The average Bonchev–Trinajstić information content (AvgIpc) is 2.75. The van der Waals surface area contributed by atoms with Crippen LogP contribution in [0, 0.1) is 0 Å². The number of anilines is 1. The van der Waals surface area contributed by atoms with Crippen LogP contribution in [0.1, 0.15) is 18.4 Å². The molecular weight excluding hydrogens is 286 g/mol. The molecule has 0 amide bonds. The van der Waals surface area contributed by atoms with Crippen LogP contribution in [-0.2, 0) is 10.5 Å². The molecule has 1 atom stereocenters. The van der Waals surface area contributed by atoms with E-state index in [4.69, 9.17) is 10.5 Å². The van der Waals surface area contributed by atoms with Crippen molar-refractivity contribution in [1.82, 2.24) is 0 Å². The predicted octanol–water partition coefficient (Wildman–Crippen LogP) is 3.44. The van der Waals surface area contributed by atoms with Crippen LogP contribution in [0.5, 0.6) is 0 Å². The molecule has 1 aromatic carbocycles. The van der Waals surface area contributed by atoms with Crippen molar-refractivity contribution >= 4 is 33.4 Å². The molecule has 1 saturated heterocycles. The largest absolute Gasteiger partial charge is 0.398 e. The second-order valence-electron chi connectivity index (χ2n) is 3.96. The van der Waals surface area contributed by atoms with Crippen LogP contribution in [-0.4, -0.2) is 18.5 Å². The van der Waals surface area contributed by atoms with Gasteiger partial charge in [-0.3, -0.25) is 0 Å². The molecule has 2 N–H and O–H groups in total. The molecule has 0 radical (unpaired) electrons. The molecule has 0 bridgehead atoms. The fraction of sp³-hybridized carbons (Fsp3) is 0.500. The molecule has 2 nitrogen and oxygen atoms in total. The van der Waals surface area contributed by atoms with E-state index in [9.17, 15) is 0 Å².